The summed E-state index contributed by atoms with van der Waals surface area (Å²) in [5, 5.41) is 0. The zero-order valence-corrected chi connectivity index (χ0v) is 15.3. The Labute approximate surface area is 143 Å². The third-order valence-corrected chi connectivity index (χ3v) is 3.64. The second-order valence-electron chi connectivity index (χ2n) is 7.16. The molecule has 0 heterocycles. The van der Waals surface area contributed by atoms with Gasteiger partial charge in [0.2, 0.25) is 0 Å². The number of carbonyl (C=O) groups is 3. The first-order valence-electron chi connectivity index (χ1n) is 8.02. The molecule has 0 aliphatic carbocycles. The first kappa shape index (κ1) is 19.8. The van der Waals surface area contributed by atoms with Gasteiger partial charge in [-0.25, -0.2) is 0 Å². The summed E-state index contributed by atoms with van der Waals surface area (Å²) in [5.41, 5.74) is 0.600. The average Bonchev–Trinajstić information content (AvgIpc) is 2.49. The van der Waals surface area contributed by atoms with Crippen LogP contribution in [-0.2, 0) is 14.3 Å². The quantitative estimate of drug-likeness (QED) is 0.337. The molecule has 0 saturated carbocycles. The summed E-state index contributed by atoms with van der Waals surface area (Å²) in [5.74, 6) is -1.35. The van der Waals surface area contributed by atoms with Crippen molar-refractivity contribution in [2.75, 3.05) is 0 Å². The van der Waals surface area contributed by atoms with Gasteiger partial charge < -0.3 is 4.74 Å². The number of Topliss-reactive ketones (excluding diaryl/α,β-unsaturated/α-hetero) is 2. The maximum Gasteiger partial charge on any atom is 0.316 e. The third kappa shape index (κ3) is 5.44. The number of allylic oxidation sites excluding steroid dienone is 2. The number of benzene rings is 1. The number of rotatable bonds is 6. The van der Waals surface area contributed by atoms with E-state index < -0.39 is 11.3 Å². The summed E-state index contributed by atoms with van der Waals surface area (Å²) in [6.45, 7) is 10.3. The molecule has 4 nitrogen and oxygen atoms in total. The van der Waals surface area contributed by atoms with Crippen molar-refractivity contribution in [2.24, 2.45) is 11.3 Å². The molecule has 1 atom stereocenters. The lowest BCUT2D eigenvalue weighted by atomic mass is 9.89. The largest absolute Gasteiger partial charge is 0.431 e. The summed E-state index contributed by atoms with van der Waals surface area (Å²) >= 11 is 0. The van der Waals surface area contributed by atoms with Crippen molar-refractivity contribution in [1.82, 2.24) is 0 Å². The van der Waals surface area contributed by atoms with Crippen molar-refractivity contribution in [3.8, 4) is 0 Å². The maximum atomic E-state index is 12.6. The van der Waals surface area contributed by atoms with Crippen molar-refractivity contribution in [1.29, 1.82) is 0 Å². The van der Waals surface area contributed by atoms with E-state index in [1.165, 1.54) is 6.92 Å². The summed E-state index contributed by atoms with van der Waals surface area (Å²) in [6, 6.07) is 8.69. The van der Waals surface area contributed by atoms with Gasteiger partial charge in [-0.15, -0.1) is 0 Å². The highest BCUT2D eigenvalue weighted by molar-refractivity contribution is 6.10. The molecule has 0 radical (unpaired) electrons. The highest BCUT2D eigenvalue weighted by atomic mass is 16.5. The second-order valence-corrected chi connectivity index (χ2v) is 7.16. The van der Waals surface area contributed by atoms with Crippen LogP contribution >= 0.6 is 0 Å². The first-order valence-corrected chi connectivity index (χ1v) is 8.02. The Hall–Kier alpha value is -2.23. The van der Waals surface area contributed by atoms with E-state index in [4.69, 9.17) is 4.74 Å². The number of ether oxygens (including phenoxy) is 1. The monoisotopic (exact) mass is 330 g/mol. The Bertz CT molecular complexity index is 644. The molecule has 0 aliphatic heterocycles. The SMILES string of the molecule is CC(=O)C(CC(OC(=O)C(C)(C)C)=C(C)C)C(=O)c1ccccc1. The molecule has 0 bridgehead atoms. The smallest absolute Gasteiger partial charge is 0.316 e. The summed E-state index contributed by atoms with van der Waals surface area (Å²) in [4.78, 5) is 36.8. The molecule has 0 N–H and O–H groups in total. The fraction of sp³-hybridized carbons (Fsp3) is 0.450. The van der Waals surface area contributed by atoms with E-state index in [9.17, 15) is 14.4 Å². The van der Waals surface area contributed by atoms with Crippen LogP contribution in [0.25, 0.3) is 0 Å². The van der Waals surface area contributed by atoms with Crippen molar-refractivity contribution in [3.05, 3.63) is 47.2 Å². The number of carbonyl (C=O) groups excluding carboxylic acids is 3. The molecule has 1 rings (SSSR count). The minimum absolute atomic E-state index is 0.0905. The molecule has 0 spiro atoms. The van der Waals surface area contributed by atoms with Crippen LogP contribution in [0.5, 0.6) is 0 Å². The van der Waals surface area contributed by atoms with Gasteiger partial charge in [-0.2, -0.15) is 0 Å². The van der Waals surface area contributed by atoms with E-state index in [1.54, 1.807) is 58.9 Å². The molecule has 24 heavy (non-hydrogen) atoms. The van der Waals surface area contributed by atoms with Gasteiger partial charge >= 0.3 is 5.97 Å². The van der Waals surface area contributed by atoms with Crippen molar-refractivity contribution in [2.45, 2.75) is 48.0 Å². The summed E-state index contributed by atoms with van der Waals surface area (Å²) in [6.07, 6.45) is 0.0905. The molecule has 1 unspecified atom stereocenters. The van der Waals surface area contributed by atoms with E-state index in [2.05, 4.69) is 0 Å². The maximum absolute atomic E-state index is 12.6. The molecule has 1 aromatic carbocycles. The fourth-order valence-electron chi connectivity index (χ4n) is 2.02. The van der Waals surface area contributed by atoms with E-state index in [0.717, 1.165) is 5.57 Å². The van der Waals surface area contributed by atoms with Crippen LogP contribution in [0.1, 0.15) is 58.3 Å². The normalized spacial score (nSPS) is 12.2. The minimum Gasteiger partial charge on any atom is -0.431 e. The van der Waals surface area contributed by atoms with Crippen molar-refractivity contribution >= 4 is 17.5 Å². The third-order valence-electron chi connectivity index (χ3n) is 3.64. The van der Waals surface area contributed by atoms with E-state index in [1.807, 2.05) is 6.07 Å². The Kier molecular flexibility index (Phi) is 6.64. The topological polar surface area (TPSA) is 60.4 Å². The van der Waals surface area contributed by atoms with Gasteiger partial charge in [0.25, 0.3) is 0 Å². The Balaban J connectivity index is 3.05. The van der Waals surface area contributed by atoms with Gasteiger partial charge in [-0.1, -0.05) is 30.3 Å². The van der Waals surface area contributed by atoms with Gasteiger partial charge in [0.15, 0.2) is 5.78 Å². The molecule has 0 fully saturated rings. The van der Waals surface area contributed by atoms with Gasteiger partial charge in [-0.05, 0) is 47.1 Å². The van der Waals surface area contributed by atoms with Gasteiger partial charge in [0.05, 0.1) is 11.3 Å². The lowest BCUT2D eigenvalue weighted by molar-refractivity contribution is -0.149. The van der Waals surface area contributed by atoms with Crippen molar-refractivity contribution in [3.63, 3.8) is 0 Å². The zero-order valence-electron chi connectivity index (χ0n) is 15.3. The second kappa shape index (κ2) is 8.04. The lowest BCUT2D eigenvalue weighted by Gasteiger charge is -2.21. The predicted molar refractivity (Wildman–Crippen MR) is 93.5 cm³/mol. The first-order chi connectivity index (χ1) is 11.0. The fourth-order valence-corrected chi connectivity index (χ4v) is 2.02. The number of hydrogen-bond acceptors (Lipinski definition) is 4. The van der Waals surface area contributed by atoms with Crippen LogP contribution in [0.3, 0.4) is 0 Å². The summed E-state index contributed by atoms with van der Waals surface area (Å²) < 4.78 is 5.48. The summed E-state index contributed by atoms with van der Waals surface area (Å²) in [7, 11) is 0. The Morgan fingerprint density at radius 1 is 1.00 bits per heavy atom. The Morgan fingerprint density at radius 2 is 1.54 bits per heavy atom. The zero-order chi connectivity index (χ0) is 18.5. The standard InChI is InChI=1S/C20H26O4/c1-13(2)17(24-19(23)20(4,5)6)12-16(14(3)21)18(22)15-10-8-7-9-11-15/h7-11,16H,12H2,1-6H3. The molecule has 0 aromatic heterocycles. The van der Waals surface area contributed by atoms with Gasteiger partial charge in [0.1, 0.15) is 11.5 Å². The van der Waals surface area contributed by atoms with Crippen LogP contribution in [0, 0.1) is 11.3 Å². The predicted octanol–water partition coefficient (Wildman–Crippen LogP) is 4.35. The van der Waals surface area contributed by atoms with Crippen LogP contribution in [0.2, 0.25) is 0 Å². The van der Waals surface area contributed by atoms with E-state index in [-0.39, 0.29) is 24.0 Å². The molecular weight excluding hydrogens is 304 g/mol. The number of ketones is 2. The Morgan fingerprint density at radius 3 is 1.96 bits per heavy atom. The molecular formula is C20H26O4. The molecule has 0 amide bonds. The molecule has 130 valence electrons. The van der Waals surface area contributed by atoms with Crippen molar-refractivity contribution < 1.29 is 19.1 Å². The average molecular weight is 330 g/mol. The molecule has 0 saturated heterocycles. The lowest BCUT2D eigenvalue weighted by Crippen LogP contribution is -2.27. The van der Waals surface area contributed by atoms with Gasteiger partial charge in [0, 0.05) is 12.0 Å². The molecule has 4 heteroatoms. The van der Waals surface area contributed by atoms with E-state index in [0.29, 0.717) is 11.3 Å². The molecule has 0 aliphatic rings. The van der Waals surface area contributed by atoms with Crippen LogP contribution in [0.15, 0.2) is 41.7 Å². The van der Waals surface area contributed by atoms with E-state index >= 15 is 0 Å². The molecule has 1 aromatic rings. The van der Waals surface area contributed by atoms with Crippen LogP contribution in [-0.4, -0.2) is 17.5 Å². The van der Waals surface area contributed by atoms with Gasteiger partial charge in [-0.3, -0.25) is 14.4 Å². The highest BCUT2D eigenvalue weighted by Gasteiger charge is 2.30. The minimum atomic E-state index is -0.856. The van der Waals surface area contributed by atoms with Crippen LogP contribution < -0.4 is 0 Å². The highest BCUT2D eigenvalue weighted by Crippen LogP contribution is 2.25. The number of hydrogen-bond donors (Lipinski definition) is 0. The van der Waals surface area contributed by atoms with Crippen LogP contribution in [0.4, 0.5) is 0 Å². The number of esters is 1.